The van der Waals surface area contributed by atoms with E-state index in [1.165, 1.54) is 30.6 Å². The molecule has 18 heavy (non-hydrogen) atoms. The van der Waals surface area contributed by atoms with Crippen LogP contribution in [0.3, 0.4) is 0 Å². The Morgan fingerprint density at radius 3 is 2.67 bits per heavy atom. The summed E-state index contributed by atoms with van der Waals surface area (Å²) in [4.78, 5) is 13.6. The topological polar surface area (TPSA) is 17.1 Å². The van der Waals surface area contributed by atoms with Crippen molar-refractivity contribution in [2.24, 2.45) is 11.8 Å². The monoisotopic (exact) mass is 324 g/mol. The number of hydrogen-bond acceptors (Lipinski definition) is 2. The zero-order chi connectivity index (χ0) is 12.5. The van der Waals surface area contributed by atoms with Gasteiger partial charge in [-0.3, -0.25) is 4.79 Å². The molecule has 0 bridgehead atoms. The predicted molar refractivity (Wildman–Crippen MR) is 79.7 cm³/mol. The van der Waals surface area contributed by atoms with Crippen molar-refractivity contribution in [2.75, 3.05) is 0 Å². The van der Waals surface area contributed by atoms with E-state index >= 15 is 0 Å². The highest BCUT2D eigenvalue weighted by Gasteiger charge is 2.36. The fourth-order valence-corrected chi connectivity index (χ4v) is 4.73. The normalized spacial score (nSPS) is 27.5. The van der Waals surface area contributed by atoms with E-state index < -0.39 is 0 Å². The second kappa shape index (κ2) is 5.30. The molecule has 1 atom stereocenters. The maximum absolute atomic E-state index is 12.4. The average Bonchev–Trinajstić information content (AvgIpc) is 3.04. The number of rotatable bonds is 2. The van der Waals surface area contributed by atoms with E-state index in [0.29, 0.717) is 17.6 Å². The van der Waals surface area contributed by atoms with Gasteiger partial charge in [0.1, 0.15) is 0 Å². The van der Waals surface area contributed by atoms with Gasteiger partial charge in [-0.2, -0.15) is 0 Å². The summed E-state index contributed by atoms with van der Waals surface area (Å²) in [5.41, 5.74) is 1.06. The quantitative estimate of drug-likeness (QED) is 0.694. The van der Waals surface area contributed by atoms with Crippen LogP contribution < -0.4 is 0 Å². The smallest absolute Gasteiger partial charge is 0.162 e. The number of ketones is 1. The van der Waals surface area contributed by atoms with Crippen molar-refractivity contribution >= 4 is 39.1 Å². The van der Waals surface area contributed by atoms with E-state index in [-0.39, 0.29) is 0 Å². The number of carbonyl (C=O) groups excluding carboxylic acids is 1. The Balaban J connectivity index is 1.75. The summed E-state index contributed by atoms with van der Waals surface area (Å²) in [5, 5.41) is 0. The molecule has 0 aromatic carbocycles. The molecule has 0 saturated heterocycles. The van der Waals surface area contributed by atoms with Gasteiger partial charge in [0.05, 0.1) is 3.79 Å². The lowest BCUT2D eigenvalue weighted by Crippen LogP contribution is -2.16. The summed E-state index contributed by atoms with van der Waals surface area (Å²) in [7, 11) is 0. The molecule has 1 aromatic rings. The number of halogens is 1. The highest BCUT2D eigenvalue weighted by Crippen LogP contribution is 2.41. The van der Waals surface area contributed by atoms with Crippen LogP contribution in [-0.2, 0) is 4.79 Å². The molecule has 0 radical (unpaired) electrons. The summed E-state index contributed by atoms with van der Waals surface area (Å²) in [6, 6.07) is 4.13. The predicted octanol–water partition coefficient (Wildman–Crippen LogP) is 5.06. The van der Waals surface area contributed by atoms with Crippen LogP contribution in [0.2, 0.25) is 0 Å². The van der Waals surface area contributed by atoms with Crippen molar-refractivity contribution in [1.82, 2.24) is 0 Å². The molecule has 3 rings (SSSR count). The zero-order valence-corrected chi connectivity index (χ0v) is 12.7. The molecule has 1 aromatic heterocycles. The minimum Gasteiger partial charge on any atom is -0.294 e. The maximum atomic E-state index is 12.4. The molecule has 1 heterocycles. The molecule has 0 amide bonds. The van der Waals surface area contributed by atoms with Crippen LogP contribution in [0.15, 0.2) is 21.5 Å². The van der Waals surface area contributed by atoms with E-state index in [1.807, 2.05) is 6.07 Å². The highest BCUT2D eigenvalue weighted by atomic mass is 79.9. The van der Waals surface area contributed by atoms with Gasteiger partial charge in [-0.1, -0.05) is 12.8 Å². The molecular weight excluding hydrogens is 308 g/mol. The van der Waals surface area contributed by atoms with Crippen LogP contribution >= 0.6 is 27.3 Å². The average molecular weight is 325 g/mol. The molecule has 2 aliphatic carbocycles. The Morgan fingerprint density at radius 1 is 1.22 bits per heavy atom. The van der Waals surface area contributed by atoms with Crippen molar-refractivity contribution < 1.29 is 4.79 Å². The second-order valence-corrected chi connectivity index (χ2v) is 7.86. The van der Waals surface area contributed by atoms with Crippen LogP contribution in [-0.4, -0.2) is 5.78 Å². The lowest BCUT2D eigenvalue weighted by Gasteiger charge is -2.15. The number of carbonyl (C=O) groups is 1. The van der Waals surface area contributed by atoms with Crippen molar-refractivity contribution in [3.05, 3.63) is 26.4 Å². The van der Waals surface area contributed by atoms with Gasteiger partial charge in [0.15, 0.2) is 5.78 Å². The van der Waals surface area contributed by atoms with E-state index in [4.69, 9.17) is 0 Å². The Kier molecular flexibility index (Phi) is 3.71. The highest BCUT2D eigenvalue weighted by molar-refractivity contribution is 9.11. The van der Waals surface area contributed by atoms with E-state index in [1.54, 1.807) is 11.3 Å². The van der Waals surface area contributed by atoms with E-state index in [0.717, 1.165) is 22.2 Å². The third-order valence-corrected chi connectivity index (χ3v) is 5.83. The Morgan fingerprint density at radius 2 is 2.00 bits per heavy atom. The van der Waals surface area contributed by atoms with Gasteiger partial charge in [-0.05, 0) is 71.3 Å². The Labute approximate surface area is 120 Å². The minimum atomic E-state index is 0.335. The first kappa shape index (κ1) is 12.6. The standard InChI is InChI=1S/C15H17BrOS/c16-14-8-6-12(18-14)9-11-5-7-13(15(11)17)10-3-1-2-4-10/h6,8-10,13H,1-5,7H2. The largest absolute Gasteiger partial charge is 0.294 e. The van der Waals surface area contributed by atoms with Gasteiger partial charge in [-0.25, -0.2) is 0 Å². The molecule has 0 aliphatic heterocycles. The van der Waals surface area contributed by atoms with Crippen LogP contribution in [0, 0.1) is 11.8 Å². The van der Waals surface area contributed by atoms with Crippen LogP contribution in [0.1, 0.15) is 43.4 Å². The number of thiophene rings is 1. The van der Waals surface area contributed by atoms with Crippen molar-refractivity contribution in [2.45, 2.75) is 38.5 Å². The number of hydrogen-bond donors (Lipinski definition) is 0. The lowest BCUT2D eigenvalue weighted by molar-refractivity contribution is -0.119. The Bertz CT molecular complexity index is 482. The molecule has 3 heteroatoms. The summed E-state index contributed by atoms with van der Waals surface area (Å²) in [6.07, 6.45) is 9.36. The molecule has 96 valence electrons. The van der Waals surface area contributed by atoms with Gasteiger partial charge < -0.3 is 0 Å². The summed E-state index contributed by atoms with van der Waals surface area (Å²) in [5.74, 6) is 1.45. The van der Waals surface area contributed by atoms with Crippen molar-refractivity contribution in [3.63, 3.8) is 0 Å². The summed E-state index contributed by atoms with van der Waals surface area (Å²) >= 11 is 5.16. The first-order valence-electron chi connectivity index (χ1n) is 6.74. The molecule has 0 N–H and O–H groups in total. The van der Waals surface area contributed by atoms with Crippen molar-refractivity contribution in [1.29, 1.82) is 0 Å². The SMILES string of the molecule is O=C1C(=Cc2ccc(Br)s2)CCC1C1CCCC1. The lowest BCUT2D eigenvalue weighted by atomic mass is 9.88. The third kappa shape index (κ3) is 2.48. The first-order chi connectivity index (χ1) is 8.74. The molecule has 0 spiro atoms. The van der Waals surface area contributed by atoms with Gasteiger partial charge in [0.2, 0.25) is 0 Å². The van der Waals surface area contributed by atoms with Crippen LogP contribution in [0.25, 0.3) is 6.08 Å². The van der Waals surface area contributed by atoms with Gasteiger partial charge >= 0.3 is 0 Å². The molecule has 2 fully saturated rings. The van der Waals surface area contributed by atoms with Gasteiger partial charge in [0, 0.05) is 10.8 Å². The summed E-state index contributed by atoms with van der Waals surface area (Å²) < 4.78 is 1.13. The van der Waals surface area contributed by atoms with Crippen LogP contribution in [0.5, 0.6) is 0 Å². The van der Waals surface area contributed by atoms with E-state index in [9.17, 15) is 4.79 Å². The molecule has 1 nitrogen and oxygen atoms in total. The molecule has 1 unspecified atom stereocenters. The zero-order valence-electron chi connectivity index (χ0n) is 10.3. The molecular formula is C15H17BrOS. The Hall–Kier alpha value is -0.410. The number of Topliss-reactive ketones (excluding diaryl/α,β-unsaturated/α-hetero) is 1. The van der Waals surface area contributed by atoms with Crippen LogP contribution in [0.4, 0.5) is 0 Å². The molecule has 2 saturated carbocycles. The minimum absolute atomic E-state index is 0.335. The number of allylic oxidation sites excluding steroid dienone is 1. The second-order valence-electron chi connectivity index (χ2n) is 5.37. The maximum Gasteiger partial charge on any atom is 0.162 e. The third-order valence-electron chi connectivity index (χ3n) is 4.26. The fourth-order valence-electron chi connectivity index (χ4n) is 3.33. The van der Waals surface area contributed by atoms with E-state index in [2.05, 4.69) is 28.1 Å². The fraction of sp³-hybridized carbons (Fsp3) is 0.533. The van der Waals surface area contributed by atoms with Gasteiger partial charge in [-0.15, -0.1) is 11.3 Å². The van der Waals surface area contributed by atoms with Crippen molar-refractivity contribution in [3.8, 4) is 0 Å². The first-order valence-corrected chi connectivity index (χ1v) is 8.35. The summed E-state index contributed by atoms with van der Waals surface area (Å²) in [6.45, 7) is 0. The van der Waals surface area contributed by atoms with Gasteiger partial charge in [0.25, 0.3) is 0 Å². The molecule has 2 aliphatic rings.